The van der Waals surface area contributed by atoms with Gasteiger partial charge in [-0.15, -0.1) is 11.3 Å². The van der Waals surface area contributed by atoms with Crippen LogP contribution in [0.5, 0.6) is 0 Å². The third-order valence-electron chi connectivity index (χ3n) is 4.38. The number of carbonyl (C=O) groups is 1. The molecule has 0 radical (unpaired) electrons. The Balaban J connectivity index is 1.70. The van der Waals surface area contributed by atoms with Gasteiger partial charge < -0.3 is 4.90 Å². The van der Waals surface area contributed by atoms with E-state index >= 15 is 0 Å². The lowest BCUT2D eigenvalue weighted by Gasteiger charge is -2.35. The van der Waals surface area contributed by atoms with Crippen molar-refractivity contribution in [1.82, 2.24) is 9.88 Å². The zero-order chi connectivity index (χ0) is 15.7. The number of halogens is 1. The van der Waals surface area contributed by atoms with E-state index in [1.807, 2.05) is 30.3 Å². The van der Waals surface area contributed by atoms with E-state index in [0.29, 0.717) is 13.0 Å². The first-order valence-electron chi connectivity index (χ1n) is 7.53. The van der Waals surface area contributed by atoms with Crippen LogP contribution in [0.1, 0.15) is 41.1 Å². The SMILES string of the molecule is Cc1ncsc1CCC(=O)N1CCc2ccc(F)cc2C1C. The summed E-state index contributed by atoms with van der Waals surface area (Å²) in [7, 11) is 0. The fourth-order valence-electron chi connectivity index (χ4n) is 3.06. The highest BCUT2D eigenvalue weighted by atomic mass is 32.1. The zero-order valence-electron chi connectivity index (χ0n) is 12.8. The van der Waals surface area contributed by atoms with E-state index < -0.39 is 0 Å². The molecule has 1 aromatic carbocycles. The lowest BCUT2D eigenvalue weighted by Crippen LogP contribution is -2.39. The first kappa shape index (κ1) is 15.2. The van der Waals surface area contributed by atoms with E-state index in [1.165, 1.54) is 10.9 Å². The monoisotopic (exact) mass is 318 g/mol. The molecular weight excluding hydrogens is 299 g/mol. The predicted octanol–water partition coefficient (Wildman–Crippen LogP) is 3.67. The topological polar surface area (TPSA) is 33.2 Å². The van der Waals surface area contributed by atoms with E-state index in [4.69, 9.17) is 0 Å². The second-order valence-electron chi connectivity index (χ2n) is 5.72. The van der Waals surface area contributed by atoms with E-state index in [1.54, 1.807) is 17.4 Å². The van der Waals surface area contributed by atoms with Gasteiger partial charge in [-0.3, -0.25) is 4.79 Å². The van der Waals surface area contributed by atoms with Crippen molar-refractivity contribution in [3.05, 3.63) is 51.2 Å². The van der Waals surface area contributed by atoms with E-state index in [0.717, 1.165) is 29.7 Å². The summed E-state index contributed by atoms with van der Waals surface area (Å²) >= 11 is 1.60. The number of aryl methyl sites for hydroxylation is 2. The molecule has 0 saturated carbocycles. The number of hydrogen-bond donors (Lipinski definition) is 0. The van der Waals surface area contributed by atoms with Crippen LogP contribution in [0.2, 0.25) is 0 Å². The van der Waals surface area contributed by atoms with Gasteiger partial charge in [0.2, 0.25) is 5.91 Å². The summed E-state index contributed by atoms with van der Waals surface area (Å²) in [6.45, 7) is 4.66. The summed E-state index contributed by atoms with van der Waals surface area (Å²) < 4.78 is 13.5. The molecule has 0 aliphatic carbocycles. The minimum absolute atomic E-state index is 0.0606. The van der Waals surface area contributed by atoms with Gasteiger partial charge in [0, 0.05) is 17.8 Å². The van der Waals surface area contributed by atoms with Crippen molar-refractivity contribution in [2.24, 2.45) is 0 Å². The highest BCUT2D eigenvalue weighted by Gasteiger charge is 2.27. The van der Waals surface area contributed by atoms with Gasteiger partial charge in [0.25, 0.3) is 0 Å². The summed E-state index contributed by atoms with van der Waals surface area (Å²) in [6, 6.07) is 4.83. The summed E-state index contributed by atoms with van der Waals surface area (Å²) in [4.78, 5) is 19.8. The molecule has 1 aromatic heterocycles. The molecule has 2 aromatic rings. The molecule has 22 heavy (non-hydrogen) atoms. The third-order valence-corrected chi connectivity index (χ3v) is 5.37. The van der Waals surface area contributed by atoms with Crippen LogP contribution in [0.3, 0.4) is 0 Å². The second kappa shape index (κ2) is 6.16. The molecule has 0 N–H and O–H groups in total. The van der Waals surface area contributed by atoms with Crippen LogP contribution >= 0.6 is 11.3 Å². The minimum atomic E-state index is -0.236. The Morgan fingerprint density at radius 1 is 1.50 bits per heavy atom. The van der Waals surface area contributed by atoms with Gasteiger partial charge in [0.05, 0.1) is 17.2 Å². The molecule has 0 spiro atoms. The van der Waals surface area contributed by atoms with E-state index in [9.17, 15) is 9.18 Å². The highest BCUT2D eigenvalue weighted by molar-refractivity contribution is 7.09. The number of benzene rings is 1. The summed E-state index contributed by atoms with van der Waals surface area (Å²) in [5.41, 5.74) is 4.92. The number of carbonyl (C=O) groups excluding carboxylic acids is 1. The van der Waals surface area contributed by atoms with E-state index in [2.05, 4.69) is 4.98 Å². The molecule has 0 fully saturated rings. The molecule has 1 aliphatic heterocycles. The molecule has 116 valence electrons. The number of nitrogens with zero attached hydrogens (tertiary/aromatic N) is 2. The Morgan fingerprint density at radius 3 is 3.05 bits per heavy atom. The fourth-order valence-corrected chi connectivity index (χ4v) is 3.84. The third kappa shape index (κ3) is 2.90. The quantitative estimate of drug-likeness (QED) is 0.865. The number of amides is 1. The molecule has 3 rings (SSSR count). The van der Waals surface area contributed by atoms with Crippen molar-refractivity contribution in [3.8, 4) is 0 Å². The van der Waals surface area contributed by atoms with Crippen LogP contribution in [0, 0.1) is 12.7 Å². The average molecular weight is 318 g/mol. The lowest BCUT2D eigenvalue weighted by atomic mass is 9.93. The largest absolute Gasteiger partial charge is 0.336 e. The molecule has 0 bridgehead atoms. The maximum absolute atomic E-state index is 13.5. The van der Waals surface area contributed by atoms with Crippen LogP contribution in [0.15, 0.2) is 23.7 Å². The molecule has 1 unspecified atom stereocenters. The average Bonchev–Trinajstić information content (AvgIpc) is 2.91. The van der Waals surface area contributed by atoms with Gasteiger partial charge >= 0.3 is 0 Å². The molecule has 2 heterocycles. The van der Waals surface area contributed by atoms with Gasteiger partial charge in [-0.1, -0.05) is 6.07 Å². The number of fused-ring (bicyclic) bond motifs is 1. The predicted molar refractivity (Wildman–Crippen MR) is 85.4 cm³/mol. The Bertz CT molecular complexity index is 698. The number of hydrogen-bond acceptors (Lipinski definition) is 3. The summed E-state index contributed by atoms with van der Waals surface area (Å²) in [5.74, 6) is -0.101. The van der Waals surface area contributed by atoms with E-state index in [-0.39, 0.29) is 17.8 Å². The number of aromatic nitrogens is 1. The van der Waals surface area contributed by atoms with Gasteiger partial charge in [0.15, 0.2) is 0 Å². The number of rotatable bonds is 3. The van der Waals surface area contributed by atoms with Gasteiger partial charge in [-0.05, 0) is 49.9 Å². The normalized spacial score (nSPS) is 17.4. The van der Waals surface area contributed by atoms with Crippen molar-refractivity contribution >= 4 is 17.2 Å². The molecule has 1 aliphatic rings. The van der Waals surface area contributed by atoms with Crippen molar-refractivity contribution in [3.63, 3.8) is 0 Å². The van der Waals surface area contributed by atoms with Crippen LogP contribution in [0.25, 0.3) is 0 Å². The maximum Gasteiger partial charge on any atom is 0.223 e. The molecule has 0 saturated heterocycles. The Morgan fingerprint density at radius 2 is 2.32 bits per heavy atom. The van der Waals surface area contributed by atoms with Gasteiger partial charge in [0.1, 0.15) is 5.82 Å². The van der Waals surface area contributed by atoms with Gasteiger partial charge in [-0.2, -0.15) is 0 Å². The Hall–Kier alpha value is -1.75. The van der Waals surface area contributed by atoms with Crippen molar-refractivity contribution in [2.45, 2.75) is 39.2 Å². The van der Waals surface area contributed by atoms with Crippen LogP contribution < -0.4 is 0 Å². The van der Waals surface area contributed by atoms with Crippen molar-refractivity contribution in [1.29, 1.82) is 0 Å². The summed E-state index contributed by atoms with van der Waals surface area (Å²) in [6.07, 6.45) is 2.01. The van der Waals surface area contributed by atoms with Crippen molar-refractivity contribution in [2.75, 3.05) is 6.54 Å². The molecule has 1 amide bonds. The van der Waals surface area contributed by atoms with Crippen LogP contribution in [0.4, 0.5) is 4.39 Å². The maximum atomic E-state index is 13.5. The van der Waals surface area contributed by atoms with Crippen molar-refractivity contribution < 1.29 is 9.18 Å². The second-order valence-corrected chi connectivity index (χ2v) is 6.66. The standard InChI is InChI=1S/C17H19FN2OS/c1-11-16(22-10-19-11)5-6-17(21)20-8-7-13-3-4-14(18)9-15(13)12(20)2/h3-4,9-10,12H,5-8H2,1-2H3. The lowest BCUT2D eigenvalue weighted by molar-refractivity contribution is -0.133. The minimum Gasteiger partial charge on any atom is -0.336 e. The molecular formula is C17H19FN2OS. The highest BCUT2D eigenvalue weighted by Crippen LogP contribution is 2.30. The first-order valence-corrected chi connectivity index (χ1v) is 8.41. The molecule has 1 atom stereocenters. The van der Waals surface area contributed by atoms with Crippen LogP contribution in [-0.2, 0) is 17.6 Å². The first-order chi connectivity index (χ1) is 10.6. The zero-order valence-corrected chi connectivity index (χ0v) is 13.6. The Kier molecular flexibility index (Phi) is 4.25. The summed E-state index contributed by atoms with van der Waals surface area (Å²) in [5, 5.41) is 0. The number of thiazole rings is 1. The van der Waals surface area contributed by atoms with Gasteiger partial charge in [-0.25, -0.2) is 9.37 Å². The molecule has 5 heteroatoms. The van der Waals surface area contributed by atoms with Crippen LogP contribution in [-0.4, -0.2) is 22.3 Å². The Labute approximate surface area is 133 Å². The smallest absolute Gasteiger partial charge is 0.223 e. The fraction of sp³-hybridized carbons (Fsp3) is 0.412. The molecule has 3 nitrogen and oxygen atoms in total.